The molecule has 2 heterocycles. The van der Waals surface area contributed by atoms with Crippen LogP contribution in [0.2, 0.25) is 0 Å². The van der Waals surface area contributed by atoms with Gasteiger partial charge < -0.3 is 15.2 Å². The predicted molar refractivity (Wildman–Crippen MR) is 57.6 cm³/mol. The molecule has 84 valence electrons. The van der Waals surface area contributed by atoms with E-state index in [-0.39, 0.29) is 0 Å². The van der Waals surface area contributed by atoms with E-state index in [0.717, 1.165) is 32.0 Å². The van der Waals surface area contributed by atoms with E-state index in [9.17, 15) is 0 Å². The van der Waals surface area contributed by atoms with E-state index in [1.807, 2.05) is 6.92 Å². The Bertz CT molecular complexity index is 304. The number of nitrogens with two attached hydrogens (primary N) is 1. The van der Waals surface area contributed by atoms with E-state index in [4.69, 9.17) is 10.3 Å². The zero-order valence-corrected chi connectivity index (χ0v) is 9.15. The Kier molecular flexibility index (Phi) is 3.20. The van der Waals surface area contributed by atoms with Gasteiger partial charge in [-0.05, 0) is 38.6 Å². The Morgan fingerprint density at radius 3 is 2.73 bits per heavy atom. The molecule has 0 spiro atoms. The van der Waals surface area contributed by atoms with E-state index in [2.05, 4.69) is 15.0 Å². The average molecular weight is 210 g/mol. The minimum Gasteiger partial charge on any atom is -0.330 e. The Balaban J connectivity index is 1.88. The van der Waals surface area contributed by atoms with Crippen LogP contribution in [0.4, 0.5) is 6.01 Å². The SMILES string of the molecule is Cc1noc(N2CCC(CCN)CC2)n1. The third-order valence-electron chi connectivity index (χ3n) is 2.98. The summed E-state index contributed by atoms with van der Waals surface area (Å²) in [6.45, 7) is 4.65. The summed E-state index contributed by atoms with van der Waals surface area (Å²) in [4.78, 5) is 6.39. The maximum Gasteiger partial charge on any atom is 0.324 e. The first-order valence-electron chi connectivity index (χ1n) is 5.55. The maximum absolute atomic E-state index is 5.55. The molecule has 1 fully saturated rings. The van der Waals surface area contributed by atoms with Gasteiger partial charge >= 0.3 is 6.01 Å². The van der Waals surface area contributed by atoms with Crippen LogP contribution in [0.5, 0.6) is 0 Å². The Morgan fingerprint density at radius 2 is 2.20 bits per heavy atom. The van der Waals surface area contributed by atoms with Crippen molar-refractivity contribution >= 4 is 6.01 Å². The number of hydrogen-bond acceptors (Lipinski definition) is 5. The highest BCUT2D eigenvalue weighted by Crippen LogP contribution is 2.23. The molecular formula is C10H18N4O. The second-order valence-corrected chi connectivity index (χ2v) is 4.13. The monoisotopic (exact) mass is 210 g/mol. The van der Waals surface area contributed by atoms with Crippen LogP contribution in [-0.4, -0.2) is 29.8 Å². The highest BCUT2D eigenvalue weighted by Gasteiger charge is 2.21. The van der Waals surface area contributed by atoms with Crippen LogP contribution >= 0.6 is 0 Å². The van der Waals surface area contributed by atoms with Crippen molar-refractivity contribution < 1.29 is 4.52 Å². The average Bonchev–Trinajstić information content (AvgIpc) is 2.67. The topological polar surface area (TPSA) is 68.2 Å². The van der Waals surface area contributed by atoms with Gasteiger partial charge in [0.2, 0.25) is 0 Å². The summed E-state index contributed by atoms with van der Waals surface area (Å²) >= 11 is 0. The number of aromatic nitrogens is 2. The van der Waals surface area contributed by atoms with Gasteiger partial charge in [0.1, 0.15) is 0 Å². The van der Waals surface area contributed by atoms with Gasteiger partial charge in [0.15, 0.2) is 5.82 Å². The molecule has 2 N–H and O–H groups in total. The summed E-state index contributed by atoms with van der Waals surface area (Å²) < 4.78 is 5.14. The molecule has 0 unspecified atom stereocenters. The zero-order chi connectivity index (χ0) is 10.7. The molecular weight excluding hydrogens is 192 g/mol. The molecule has 0 amide bonds. The van der Waals surface area contributed by atoms with Gasteiger partial charge in [-0.2, -0.15) is 4.98 Å². The first kappa shape index (κ1) is 10.4. The fourth-order valence-electron chi connectivity index (χ4n) is 2.06. The largest absolute Gasteiger partial charge is 0.330 e. The van der Waals surface area contributed by atoms with Gasteiger partial charge in [0.25, 0.3) is 0 Å². The van der Waals surface area contributed by atoms with Crippen molar-refractivity contribution in [2.75, 3.05) is 24.5 Å². The molecule has 15 heavy (non-hydrogen) atoms. The summed E-state index contributed by atoms with van der Waals surface area (Å²) in [7, 11) is 0. The second-order valence-electron chi connectivity index (χ2n) is 4.13. The van der Waals surface area contributed by atoms with Crippen molar-refractivity contribution in [3.8, 4) is 0 Å². The smallest absolute Gasteiger partial charge is 0.324 e. The Hall–Kier alpha value is -1.10. The van der Waals surface area contributed by atoms with E-state index < -0.39 is 0 Å². The number of rotatable bonds is 3. The van der Waals surface area contributed by atoms with Crippen LogP contribution in [0, 0.1) is 12.8 Å². The minimum atomic E-state index is 0.665. The molecule has 0 aromatic carbocycles. The Labute approximate surface area is 89.6 Å². The third kappa shape index (κ3) is 2.47. The van der Waals surface area contributed by atoms with Gasteiger partial charge in [0, 0.05) is 13.1 Å². The first-order valence-corrected chi connectivity index (χ1v) is 5.55. The molecule has 1 aliphatic rings. The lowest BCUT2D eigenvalue weighted by molar-refractivity contribution is 0.352. The van der Waals surface area contributed by atoms with Crippen LogP contribution in [0.3, 0.4) is 0 Å². The molecule has 1 aromatic heterocycles. The summed E-state index contributed by atoms with van der Waals surface area (Å²) in [5, 5.41) is 3.80. The molecule has 0 saturated carbocycles. The van der Waals surface area contributed by atoms with Gasteiger partial charge in [-0.15, -0.1) is 0 Å². The fourth-order valence-corrected chi connectivity index (χ4v) is 2.06. The number of nitrogens with zero attached hydrogens (tertiary/aromatic N) is 3. The van der Waals surface area contributed by atoms with Crippen molar-refractivity contribution in [2.24, 2.45) is 11.7 Å². The molecule has 0 radical (unpaired) electrons. The van der Waals surface area contributed by atoms with Crippen molar-refractivity contribution in [2.45, 2.75) is 26.2 Å². The van der Waals surface area contributed by atoms with Crippen LogP contribution < -0.4 is 10.6 Å². The minimum absolute atomic E-state index is 0.665. The van der Waals surface area contributed by atoms with Crippen molar-refractivity contribution in [3.63, 3.8) is 0 Å². The lowest BCUT2D eigenvalue weighted by atomic mass is 9.94. The third-order valence-corrected chi connectivity index (χ3v) is 2.98. The van der Waals surface area contributed by atoms with E-state index in [1.165, 1.54) is 12.8 Å². The van der Waals surface area contributed by atoms with Gasteiger partial charge in [0.05, 0.1) is 0 Å². The summed E-state index contributed by atoms with van der Waals surface area (Å²) in [6, 6.07) is 0.665. The van der Waals surface area contributed by atoms with E-state index >= 15 is 0 Å². The van der Waals surface area contributed by atoms with Crippen LogP contribution in [0.25, 0.3) is 0 Å². The lowest BCUT2D eigenvalue weighted by Gasteiger charge is -2.30. The molecule has 5 heteroatoms. The van der Waals surface area contributed by atoms with Crippen molar-refractivity contribution in [1.29, 1.82) is 0 Å². The molecule has 0 bridgehead atoms. The standard InChI is InChI=1S/C10H18N4O/c1-8-12-10(15-13-8)14-6-3-9(2-5-11)4-7-14/h9H,2-7,11H2,1H3. The van der Waals surface area contributed by atoms with Crippen LogP contribution in [-0.2, 0) is 0 Å². The molecule has 2 rings (SSSR count). The van der Waals surface area contributed by atoms with Gasteiger partial charge in [-0.1, -0.05) is 5.16 Å². The molecule has 1 aliphatic heterocycles. The van der Waals surface area contributed by atoms with E-state index in [1.54, 1.807) is 0 Å². The maximum atomic E-state index is 5.55. The van der Waals surface area contributed by atoms with Crippen molar-refractivity contribution in [1.82, 2.24) is 10.1 Å². The molecule has 5 nitrogen and oxygen atoms in total. The number of aryl methyl sites for hydroxylation is 1. The first-order chi connectivity index (χ1) is 7.29. The lowest BCUT2D eigenvalue weighted by Crippen LogP contribution is -2.34. The molecule has 1 saturated heterocycles. The normalized spacial score (nSPS) is 18.4. The summed E-state index contributed by atoms with van der Waals surface area (Å²) in [5.74, 6) is 1.48. The number of hydrogen-bond donors (Lipinski definition) is 1. The number of anilines is 1. The fraction of sp³-hybridized carbons (Fsp3) is 0.800. The predicted octanol–water partition coefficient (Wildman–Crippen LogP) is 0.943. The Morgan fingerprint density at radius 1 is 1.47 bits per heavy atom. The zero-order valence-electron chi connectivity index (χ0n) is 9.15. The van der Waals surface area contributed by atoms with Crippen LogP contribution in [0.1, 0.15) is 25.1 Å². The quantitative estimate of drug-likeness (QED) is 0.804. The second kappa shape index (κ2) is 4.61. The van der Waals surface area contributed by atoms with Gasteiger partial charge in [-0.25, -0.2) is 0 Å². The number of piperidine rings is 1. The van der Waals surface area contributed by atoms with Crippen molar-refractivity contribution in [3.05, 3.63) is 5.82 Å². The summed E-state index contributed by atoms with van der Waals surface area (Å²) in [5.41, 5.74) is 5.55. The van der Waals surface area contributed by atoms with E-state index in [0.29, 0.717) is 11.8 Å². The highest BCUT2D eigenvalue weighted by atomic mass is 16.5. The molecule has 1 aromatic rings. The highest BCUT2D eigenvalue weighted by molar-refractivity contribution is 5.25. The molecule has 0 atom stereocenters. The summed E-state index contributed by atoms with van der Waals surface area (Å²) in [6.07, 6.45) is 3.49. The van der Waals surface area contributed by atoms with Crippen LogP contribution in [0.15, 0.2) is 4.52 Å². The molecule has 0 aliphatic carbocycles. The van der Waals surface area contributed by atoms with Gasteiger partial charge in [-0.3, -0.25) is 0 Å².